The van der Waals surface area contributed by atoms with Crippen LogP contribution >= 0.6 is 0 Å². The lowest BCUT2D eigenvalue weighted by molar-refractivity contribution is 0.162. The number of rotatable bonds is 3. The van der Waals surface area contributed by atoms with E-state index in [1.54, 1.807) is 0 Å². The zero-order valence-electron chi connectivity index (χ0n) is 12.3. The normalized spacial score (nSPS) is 17.4. The molecule has 0 spiro atoms. The summed E-state index contributed by atoms with van der Waals surface area (Å²) in [6, 6.07) is 14.5. The summed E-state index contributed by atoms with van der Waals surface area (Å²) in [4.78, 5) is 14.3. The first-order chi connectivity index (χ1) is 10.3. The minimum Gasteiger partial charge on any atom is -0.348 e. The fourth-order valence-electron chi connectivity index (χ4n) is 2.92. The molecule has 1 unspecified atom stereocenters. The van der Waals surface area contributed by atoms with Gasteiger partial charge in [-0.3, -0.25) is 0 Å². The van der Waals surface area contributed by atoms with Gasteiger partial charge in [-0.05, 0) is 31.0 Å². The van der Waals surface area contributed by atoms with Gasteiger partial charge in [0.1, 0.15) is 0 Å². The topological polar surface area (TPSA) is 37.3 Å². The van der Waals surface area contributed by atoms with Crippen LogP contribution < -0.4 is 5.32 Å². The van der Waals surface area contributed by atoms with Crippen LogP contribution in [0.4, 0.5) is 4.79 Å². The van der Waals surface area contributed by atoms with Crippen LogP contribution in [0.15, 0.2) is 48.7 Å². The molecule has 1 aromatic carbocycles. The highest BCUT2D eigenvalue weighted by Gasteiger charge is 2.26. The maximum Gasteiger partial charge on any atom is 0.318 e. The molecule has 4 heteroatoms. The van der Waals surface area contributed by atoms with Crippen molar-refractivity contribution >= 4 is 6.03 Å². The van der Waals surface area contributed by atoms with Crippen LogP contribution in [-0.2, 0) is 13.0 Å². The van der Waals surface area contributed by atoms with E-state index in [2.05, 4.69) is 41.2 Å². The van der Waals surface area contributed by atoms with E-state index in [0.717, 1.165) is 19.5 Å². The van der Waals surface area contributed by atoms with Crippen molar-refractivity contribution in [2.45, 2.75) is 25.9 Å². The van der Waals surface area contributed by atoms with E-state index in [-0.39, 0.29) is 12.1 Å². The van der Waals surface area contributed by atoms with Crippen LogP contribution in [-0.4, -0.2) is 28.6 Å². The van der Waals surface area contributed by atoms with Crippen molar-refractivity contribution in [3.63, 3.8) is 0 Å². The number of fused-ring (bicyclic) bond motifs is 1. The van der Waals surface area contributed by atoms with Gasteiger partial charge in [0.05, 0.1) is 6.04 Å². The average molecular weight is 283 g/mol. The van der Waals surface area contributed by atoms with Crippen molar-refractivity contribution in [1.29, 1.82) is 0 Å². The minimum absolute atomic E-state index is 0.0332. The molecule has 0 saturated heterocycles. The van der Waals surface area contributed by atoms with Gasteiger partial charge in [0.15, 0.2) is 0 Å². The van der Waals surface area contributed by atoms with Crippen LogP contribution in [0.25, 0.3) is 0 Å². The van der Waals surface area contributed by atoms with E-state index < -0.39 is 0 Å². The number of carbonyl (C=O) groups is 1. The van der Waals surface area contributed by atoms with Crippen molar-refractivity contribution in [3.8, 4) is 0 Å². The third kappa shape index (κ3) is 2.94. The highest BCUT2D eigenvalue weighted by atomic mass is 16.2. The maximum atomic E-state index is 12.3. The molecular weight excluding hydrogens is 262 g/mol. The highest BCUT2D eigenvalue weighted by Crippen LogP contribution is 2.24. The Morgan fingerprint density at radius 3 is 2.81 bits per heavy atom. The second-order valence-electron chi connectivity index (χ2n) is 5.46. The van der Waals surface area contributed by atoms with E-state index in [9.17, 15) is 4.79 Å². The molecular formula is C17H21N3O. The lowest BCUT2D eigenvalue weighted by atomic mass is 10.1. The minimum atomic E-state index is 0.0332. The Bertz CT molecular complexity index is 606. The molecule has 0 aliphatic carbocycles. The standard InChI is InChI=1S/C17H21N3O/c1-14-16-8-5-11-19(16)12-13-20(14)17(21)18-10-9-15-6-3-2-4-7-15/h2-8,11,14H,9-10,12-13H2,1H3,(H,18,21). The van der Waals surface area contributed by atoms with Gasteiger partial charge in [0.2, 0.25) is 0 Å². The fourth-order valence-corrected chi connectivity index (χ4v) is 2.92. The molecule has 1 aliphatic rings. The largest absolute Gasteiger partial charge is 0.348 e. The van der Waals surface area contributed by atoms with Gasteiger partial charge in [-0.25, -0.2) is 4.79 Å². The zero-order chi connectivity index (χ0) is 14.7. The number of hydrogen-bond acceptors (Lipinski definition) is 1. The van der Waals surface area contributed by atoms with Gasteiger partial charge in [-0.2, -0.15) is 0 Å². The van der Waals surface area contributed by atoms with E-state index >= 15 is 0 Å². The summed E-state index contributed by atoms with van der Waals surface area (Å²) >= 11 is 0. The van der Waals surface area contributed by atoms with Crippen LogP contribution in [0.5, 0.6) is 0 Å². The van der Waals surface area contributed by atoms with Crippen molar-refractivity contribution in [1.82, 2.24) is 14.8 Å². The van der Waals surface area contributed by atoms with Gasteiger partial charge in [-0.1, -0.05) is 30.3 Å². The first kappa shape index (κ1) is 13.7. The Labute approximate surface area is 125 Å². The van der Waals surface area contributed by atoms with Gasteiger partial charge in [0, 0.05) is 31.5 Å². The zero-order valence-corrected chi connectivity index (χ0v) is 12.3. The van der Waals surface area contributed by atoms with Gasteiger partial charge in [0.25, 0.3) is 0 Å². The molecule has 1 aliphatic heterocycles. The SMILES string of the molecule is CC1c2cccn2CCN1C(=O)NCCc1ccccc1. The molecule has 1 N–H and O–H groups in total. The number of amides is 2. The van der Waals surface area contributed by atoms with Crippen molar-refractivity contribution < 1.29 is 4.79 Å². The lowest BCUT2D eigenvalue weighted by Gasteiger charge is -2.34. The predicted molar refractivity (Wildman–Crippen MR) is 83.1 cm³/mol. The molecule has 0 saturated carbocycles. The number of urea groups is 1. The first-order valence-corrected chi connectivity index (χ1v) is 7.49. The summed E-state index contributed by atoms with van der Waals surface area (Å²) < 4.78 is 2.22. The van der Waals surface area contributed by atoms with E-state index in [1.165, 1.54) is 11.3 Å². The van der Waals surface area contributed by atoms with E-state index in [4.69, 9.17) is 0 Å². The van der Waals surface area contributed by atoms with Crippen LogP contribution in [0.2, 0.25) is 0 Å². The van der Waals surface area contributed by atoms with Gasteiger partial charge >= 0.3 is 6.03 Å². The van der Waals surface area contributed by atoms with Crippen LogP contribution in [0, 0.1) is 0 Å². The third-order valence-electron chi connectivity index (χ3n) is 4.14. The molecule has 0 fully saturated rings. The monoisotopic (exact) mass is 283 g/mol. The molecule has 2 aromatic rings. The molecule has 2 heterocycles. The first-order valence-electron chi connectivity index (χ1n) is 7.49. The molecule has 4 nitrogen and oxygen atoms in total. The maximum absolute atomic E-state index is 12.3. The quantitative estimate of drug-likeness (QED) is 0.924. The van der Waals surface area contributed by atoms with E-state index in [0.29, 0.717) is 6.54 Å². The molecule has 0 radical (unpaired) electrons. The summed E-state index contributed by atoms with van der Waals surface area (Å²) in [5, 5.41) is 3.03. The van der Waals surface area contributed by atoms with Crippen molar-refractivity contribution in [3.05, 3.63) is 59.9 Å². The predicted octanol–water partition coefficient (Wildman–Crippen LogP) is 2.82. The Morgan fingerprint density at radius 1 is 1.19 bits per heavy atom. The molecule has 1 aromatic heterocycles. The molecule has 2 amide bonds. The summed E-state index contributed by atoms with van der Waals surface area (Å²) in [5.41, 5.74) is 2.46. The molecule has 3 rings (SSSR count). The van der Waals surface area contributed by atoms with Crippen LogP contribution in [0.1, 0.15) is 24.2 Å². The number of nitrogens with one attached hydrogen (secondary N) is 1. The van der Waals surface area contributed by atoms with Crippen molar-refractivity contribution in [2.24, 2.45) is 0 Å². The number of hydrogen-bond donors (Lipinski definition) is 1. The summed E-state index contributed by atoms with van der Waals surface area (Å²) in [6.45, 7) is 4.40. The molecule has 1 atom stereocenters. The average Bonchev–Trinajstić information content (AvgIpc) is 2.98. The Hall–Kier alpha value is -2.23. The Kier molecular flexibility index (Phi) is 3.95. The number of nitrogens with zero attached hydrogens (tertiary/aromatic N) is 2. The number of aromatic nitrogens is 1. The van der Waals surface area contributed by atoms with Gasteiger partial charge in [-0.15, -0.1) is 0 Å². The summed E-state index contributed by atoms with van der Waals surface area (Å²) in [5.74, 6) is 0. The number of carbonyl (C=O) groups excluding carboxylic acids is 1. The second kappa shape index (κ2) is 6.04. The Morgan fingerprint density at radius 2 is 2.00 bits per heavy atom. The highest BCUT2D eigenvalue weighted by molar-refractivity contribution is 5.74. The van der Waals surface area contributed by atoms with E-state index in [1.807, 2.05) is 29.2 Å². The molecule has 0 bridgehead atoms. The third-order valence-corrected chi connectivity index (χ3v) is 4.14. The second-order valence-corrected chi connectivity index (χ2v) is 5.46. The Balaban J connectivity index is 1.54. The fraction of sp³-hybridized carbons (Fsp3) is 0.353. The smallest absolute Gasteiger partial charge is 0.318 e. The molecule has 110 valence electrons. The summed E-state index contributed by atoms with van der Waals surface area (Å²) in [6.07, 6.45) is 2.95. The van der Waals surface area contributed by atoms with Crippen LogP contribution in [0.3, 0.4) is 0 Å². The summed E-state index contributed by atoms with van der Waals surface area (Å²) in [7, 11) is 0. The lowest BCUT2D eigenvalue weighted by Crippen LogP contribution is -2.46. The number of benzene rings is 1. The molecule has 21 heavy (non-hydrogen) atoms. The van der Waals surface area contributed by atoms with Gasteiger partial charge < -0.3 is 14.8 Å². The van der Waals surface area contributed by atoms with Crippen molar-refractivity contribution in [2.75, 3.05) is 13.1 Å².